The van der Waals surface area contributed by atoms with E-state index in [4.69, 9.17) is 11.5 Å². The average molecular weight is 322 g/mol. The Morgan fingerprint density at radius 3 is 2.88 bits per heavy atom. The monoisotopic (exact) mass is 322 g/mol. The summed E-state index contributed by atoms with van der Waals surface area (Å²) in [4.78, 5) is 24.2. The van der Waals surface area contributed by atoms with Crippen molar-refractivity contribution in [1.29, 1.82) is 0 Å². The number of carbonyl (C=O) groups excluding carboxylic acids is 1. The van der Waals surface area contributed by atoms with Crippen molar-refractivity contribution < 1.29 is 4.79 Å². The summed E-state index contributed by atoms with van der Waals surface area (Å²) in [5.74, 6) is 0.238. The zero-order valence-electron chi connectivity index (χ0n) is 13.1. The van der Waals surface area contributed by atoms with E-state index < -0.39 is 11.9 Å². The molecule has 122 valence electrons. The second kappa shape index (κ2) is 5.77. The molecule has 24 heavy (non-hydrogen) atoms. The summed E-state index contributed by atoms with van der Waals surface area (Å²) in [6, 6.07) is 7.66. The van der Waals surface area contributed by atoms with Gasteiger partial charge in [-0.1, -0.05) is 24.3 Å². The van der Waals surface area contributed by atoms with Gasteiger partial charge in [0.2, 0.25) is 5.96 Å². The molecule has 2 atom stereocenters. The number of hydrogen-bond donors (Lipinski definition) is 3. The van der Waals surface area contributed by atoms with Crippen LogP contribution in [0.25, 0.3) is 0 Å². The second-order valence-electron chi connectivity index (χ2n) is 6.10. The summed E-state index contributed by atoms with van der Waals surface area (Å²) in [6.07, 6.45) is 2.69. The number of benzene rings is 1. The molecular formula is C17H18N6O. The number of nitrogens with one attached hydrogen (secondary N) is 1. The third-order valence-corrected chi connectivity index (χ3v) is 4.65. The number of fused-ring (bicyclic) bond motifs is 1. The minimum atomic E-state index is -0.452. The number of amides is 1. The molecule has 3 aliphatic rings. The average Bonchev–Trinajstić information content (AvgIpc) is 3.23. The molecule has 0 bridgehead atoms. The van der Waals surface area contributed by atoms with Gasteiger partial charge in [-0.15, -0.1) is 0 Å². The predicted octanol–water partition coefficient (Wildman–Crippen LogP) is 0.398. The van der Waals surface area contributed by atoms with Crippen molar-refractivity contribution in [3.8, 4) is 0 Å². The van der Waals surface area contributed by atoms with E-state index in [1.807, 2.05) is 18.2 Å². The fourth-order valence-electron chi connectivity index (χ4n) is 3.48. The van der Waals surface area contributed by atoms with Gasteiger partial charge < -0.3 is 16.8 Å². The minimum absolute atomic E-state index is 0.0665. The molecule has 3 aliphatic heterocycles. The number of carbonyl (C=O) groups is 1. The Kier molecular flexibility index (Phi) is 3.59. The van der Waals surface area contributed by atoms with Gasteiger partial charge in [0.1, 0.15) is 0 Å². The van der Waals surface area contributed by atoms with Crippen LogP contribution in [0.2, 0.25) is 0 Å². The maximum atomic E-state index is 12.2. The molecule has 0 saturated carbocycles. The molecule has 0 radical (unpaired) electrons. The van der Waals surface area contributed by atoms with Crippen molar-refractivity contribution in [3.63, 3.8) is 0 Å². The smallest absolute Gasteiger partial charge is 0.284 e. The van der Waals surface area contributed by atoms with E-state index >= 15 is 0 Å². The normalized spacial score (nSPS) is 24.0. The zero-order chi connectivity index (χ0) is 16.7. The summed E-state index contributed by atoms with van der Waals surface area (Å²) < 4.78 is 0. The van der Waals surface area contributed by atoms with E-state index in [1.54, 1.807) is 6.21 Å². The molecule has 1 fully saturated rings. The van der Waals surface area contributed by atoms with Gasteiger partial charge in [-0.3, -0.25) is 4.79 Å². The molecule has 3 heterocycles. The van der Waals surface area contributed by atoms with Crippen LogP contribution in [0.4, 0.5) is 0 Å². The number of rotatable bonds is 3. The number of nitrogens with zero attached hydrogens (tertiary/aromatic N) is 3. The molecule has 4 rings (SSSR count). The standard InChI is InChI=1S/C17H18N6O/c18-14(11-4-2-1-3-10(11)9-5-6-20-7-9)12-8-21-15-13(12)16(24)23-17(19)22-15/h1-4,8-9,14,20H,5-7,18H2,(H2,19,23,24). The SMILES string of the molecule is NC1=NC(=O)C2=C(C(N)c3ccccc3C3CCNC3)C=NC2=N1. The largest absolute Gasteiger partial charge is 0.368 e. The summed E-state index contributed by atoms with van der Waals surface area (Å²) in [7, 11) is 0. The van der Waals surface area contributed by atoms with Crippen molar-refractivity contribution in [2.24, 2.45) is 26.4 Å². The van der Waals surface area contributed by atoms with E-state index in [9.17, 15) is 4.79 Å². The lowest BCUT2D eigenvalue weighted by Crippen LogP contribution is -2.25. The van der Waals surface area contributed by atoms with Gasteiger partial charge in [-0.05, 0) is 30.0 Å². The number of hydrogen-bond acceptors (Lipinski definition) is 6. The highest BCUT2D eigenvalue weighted by molar-refractivity contribution is 6.34. The minimum Gasteiger partial charge on any atom is -0.368 e. The highest BCUT2D eigenvalue weighted by Gasteiger charge is 2.32. The van der Waals surface area contributed by atoms with Crippen LogP contribution >= 0.6 is 0 Å². The molecule has 0 aliphatic carbocycles. The van der Waals surface area contributed by atoms with E-state index in [2.05, 4.69) is 26.4 Å². The molecule has 1 amide bonds. The number of guanidine groups is 1. The number of nitrogens with two attached hydrogens (primary N) is 2. The first-order valence-electron chi connectivity index (χ1n) is 7.96. The Balaban J connectivity index is 1.76. The fourth-order valence-corrected chi connectivity index (χ4v) is 3.48. The fraction of sp³-hybridized carbons (Fsp3) is 0.294. The van der Waals surface area contributed by atoms with Gasteiger partial charge in [-0.25, -0.2) is 4.99 Å². The Labute approximate surface area is 139 Å². The van der Waals surface area contributed by atoms with Gasteiger partial charge in [0, 0.05) is 18.3 Å². The maximum absolute atomic E-state index is 12.2. The Morgan fingerprint density at radius 2 is 2.08 bits per heavy atom. The van der Waals surface area contributed by atoms with Crippen LogP contribution in [0.3, 0.4) is 0 Å². The van der Waals surface area contributed by atoms with Crippen molar-refractivity contribution in [1.82, 2.24) is 5.32 Å². The highest BCUT2D eigenvalue weighted by atomic mass is 16.1. The second-order valence-corrected chi connectivity index (χ2v) is 6.10. The maximum Gasteiger partial charge on any atom is 0.284 e. The summed E-state index contributed by atoms with van der Waals surface area (Å²) in [6.45, 7) is 1.95. The molecule has 7 heteroatoms. The predicted molar refractivity (Wildman–Crippen MR) is 93.2 cm³/mol. The first kappa shape index (κ1) is 14.9. The molecule has 0 spiro atoms. The van der Waals surface area contributed by atoms with Crippen molar-refractivity contribution >= 4 is 23.9 Å². The number of aliphatic imine (C=N–C) groups is 3. The van der Waals surface area contributed by atoms with Crippen LogP contribution in [-0.4, -0.2) is 37.0 Å². The van der Waals surface area contributed by atoms with Crippen LogP contribution in [-0.2, 0) is 4.79 Å². The van der Waals surface area contributed by atoms with Crippen LogP contribution in [0, 0.1) is 0 Å². The Morgan fingerprint density at radius 1 is 1.25 bits per heavy atom. The lowest BCUT2D eigenvalue weighted by Gasteiger charge is -2.21. The van der Waals surface area contributed by atoms with Gasteiger partial charge in [0.15, 0.2) is 5.84 Å². The van der Waals surface area contributed by atoms with E-state index in [1.165, 1.54) is 5.56 Å². The first-order valence-corrected chi connectivity index (χ1v) is 7.96. The third kappa shape index (κ3) is 2.38. The Bertz CT molecular complexity index is 829. The van der Waals surface area contributed by atoms with E-state index in [-0.39, 0.29) is 5.96 Å². The van der Waals surface area contributed by atoms with Crippen molar-refractivity contribution in [2.75, 3.05) is 13.1 Å². The first-order chi connectivity index (χ1) is 11.6. The summed E-state index contributed by atoms with van der Waals surface area (Å²) >= 11 is 0. The van der Waals surface area contributed by atoms with E-state index in [0.717, 1.165) is 25.1 Å². The molecular weight excluding hydrogens is 304 g/mol. The molecule has 1 aromatic rings. The van der Waals surface area contributed by atoms with Crippen LogP contribution < -0.4 is 16.8 Å². The number of amidine groups is 1. The lowest BCUT2D eigenvalue weighted by atomic mass is 9.87. The zero-order valence-corrected chi connectivity index (χ0v) is 13.1. The summed E-state index contributed by atoms with van der Waals surface area (Å²) in [5.41, 5.74) is 15.3. The van der Waals surface area contributed by atoms with Gasteiger partial charge >= 0.3 is 0 Å². The van der Waals surface area contributed by atoms with Crippen LogP contribution in [0.5, 0.6) is 0 Å². The third-order valence-electron chi connectivity index (χ3n) is 4.65. The quantitative estimate of drug-likeness (QED) is 0.746. The van der Waals surface area contributed by atoms with Crippen LogP contribution in [0.15, 0.2) is 50.4 Å². The highest BCUT2D eigenvalue weighted by Crippen LogP contribution is 2.33. The molecule has 7 nitrogen and oxygen atoms in total. The van der Waals surface area contributed by atoms with Gasteiger partial charge in [0.05, 0.1) is 11.6 Å². The van der Waals surface area contributed by atoms with Gasteiger partial charge in [-0.2, -0.15) is 9.98 Å². The molecule has 5 N–H and O–H groups in total. The topological polar surface area (TPSA) is 118 Å². The molecule has 2 unspecified atom stereocenters. The summed E-state index contributed by atoms with van der Waals surface area (Å²) in [5, 5.41) is 3.38. The molecule has 0 aromatic heterocycles. The molecule has 1 saturated heterocycles. The van der Waals surface area contributed by atoms with Crippen molar-refractivity contribution in [3.05, 3.63) is 46.5 Å². The Hall–Kier alpha value is -2.64. The molecule has 1 aromatic carbocycles. The van der Waals surface area contributed by atoms with Crippen molar-refractivity contribution in [2.45, 2.75) is 18.4 Å². The lowest BCUT2D eigenvalue weighted by molar-refractivity contribution is -0.114. The van der Waals surface area contributed by atoms with E-state index in [0.29, 0.717) is 22.9 Å². The van der Waals surface area contributed by atoms with Gasteiger partial charge in [0.25, 0.3) is 5.91 Å². The van der Waals surface area contributed by atoms with Crippen LogP contribution in [0.1, 0.15) is 29.5 Å².